The first-order valence-corrected chi connectivity index (χ1v) is 8.21. The normalized spacial score (nSPS) is 14.9. The lowest BCUT2D eigenvalue weighted by Crippen LogP contribution is -2.47. The van der Waals surface area contributed by atoms with Crippen LogP contribution >= 0.6 is 0 Å². The molecule has 1 heterocycles. The molecule has 0 unspecified atom stereocenters. The van der Waals surface area contributed by atoms with Crippen LogP contribution in [0, 0.1) is 0 Å². The fourth-order valence-corrected chi connectivity index (χ4v) is 1.88. The zero-order chi connectivity index (χ0) is 17.5. The van der Waals surface area contributed by atoms with E-state index in [1.54, 1.807) is 4.90 Å². The Morgan fingerprint density at radius 2 is 1.57 bits per heavy atom. The highest BCUT2D eigenvalue weighted by Gasteiger charge is 2.19. The van der Waals surface area contributed by atoms with Gasteiger partial charge in [0.15, 0.2) is 0 Å². The Hall–Kier alpha value is -1.22. The Bertz CT molecular complexity index is 320. The zero-order valence-electron chi connectivity index (χ0n) is 14.5. The standard InChI is InChI=1S/C13H25N3O5.C2H6/c1-12(17)14-3-9-21-11-10-20-8-2-13(18)15-4-6-16(19)7-5-15;1-2/h19H,2-11H2,1H3,(H,14,17);1-2H3. The molecule has 8 nitrogen and oxygen atoms in total. The van der Waals surface area contributed by atoms with Gasteiger partial charge in [-0.25, -0.2) is 0 Å². The predicted molar refractivity (Wildman–Crippen MR) is 86.2 cm³/mol. The van der Waals surface area contributed by atoms with Gasteiger partial charge in [0.25, 0.3) is 0 Å². The molecule has 0 aromatic heterocycles. The molecule has 8 heteroatoms. The highest BCUT2D eigenvalue weighted by molar-refractivity contribution is 5.76. The fourth-order valence-electron chi connectivity index (χ4n) is 1.88. The first-order valence-electron chi connectivity index (χ1n) is 8.21. The van der Waals surface area contributed by atoms with E-state index in [-0.39, 0.29) is 11.8 Å². The van der Waals surface area contributed by atoms with Crippen LogP contribution < -0.4 is 5.32 Å². The summed E-state index contributed by atoms with van der Waals surface area (Å²) in [6.45, 7) is 9.74. The van der Waals surface area contributed by atoms with Crippen LogP contribution in [0.5, 0.6) is 0 Å². The molecule has 2 amide bonds. The average Bonchev–Trinajstić information content (AvgIpc) is 2.55. The van der Waals surface area contributed by atoms with Gasteiger partial charge in [0.2, 0.25) is 11.8 Å². The smallest absolute Gasteiger partial charge is 0.224 e. The van der Waals surface area contributed by atoms with E-state index in [0.29, 0.717) is 65.6 Å². The molecule has 1 aliphatic heterocycles. The molecule has 0 aliphatic carbocycles. The Balaban J connectivity index is 0.00000232. The number of ether oxygens (including phenoxy) is 2. The van der Waals surface area contributed by atoms with Crippen molar-refractivity contribution in [2.24, 2.45) is 0 Å². The molecule has 1 fully saturated rings. The third-order valence-corrected chi connectivity index (χ3v) is 3.06. The van der Waals surface area contributed by atoms with Crippen LogP contribution in [0.25, 0.3) is 0 Å². The molecule has 136 valence electrons. The SMILES string of the molecule is CC.CC(=O)NCCOCCOCCC(=O)N1CCN(O)CC1. The van der Waals surface area contributed by atoms with Crippen LogP contribution in [0.2, 0.25) is 0 Å². The molecule has 0 aromatic carbocycles. The van der Waals surface area contributed by atoms with Crippen molar-refractivity contribution in [1.29, 1.82) is 0 Å². The lowest BCUT2D eigenvalue weighted by Gasteiger charge is -2.31. The topological polar surface area (TPSA) is 91.3 Å². The second-order valence-electron chi connectivity index (χ2n) is 4.79. The Morgan fingerprint density at radius 1 is 1.00 bits per heavy atom. The molecule has 1 rings (SSSR count). The number of amides is 2. The molecule has 0 bridgehead atoms. The highest BCUT2D eigenvalue weighted by atomic mass is 16.5. The number of carbonyl (C=O) groups excluding carboxylic acids is 2. The van der Waals surface area contributed by atoms with Crippen molar-refractivity contribution < 1.29 is 24.3 Å². The molecular formula is C15H31N3O5. The van der Waals surface area contributed by atoms with E-state index in [0.717, 1.165) is 0 Å². The largest absolute Gasteiger partial charge is 0.379 e. The van der Waals surface area contributed by atoms with Crippen LogP contribution in [-0.2, 0) is 19.1 Å². The Kier molecular flexibility index (Phi) is 13.6. The predicted octanol–water partition coefficient (Wildman–Crippen LogP) is 0.105. The number of rotatable bonds is 9. The van der Waals surface area contributed by atoms with Crippen molar-refractivity contribution in [2.45, 2.75) is 27.2 Å². The van der Waals surface area contributed by atoms with E-state index >= 15 is 0 Å². The molecule has 0 atom stereocenters. The van der Waals surface area contributed by atoms with Crippen molar-refractivity contribution >= 4 is 11.8 Å². The molecule has 1 saturated heterocycles. The van der Waals surface area contributed by atoms with E-state index < -0.39 is 0 Å². The van der Waals surface area contributed by atoms with E-state index in [4.69, 9.17) is 9.47 Å². The first kappa shape index (κ1) is 21.8. The summed E-state index contributed by atoms with van der Waals surface area (Å²) in [5.74, 6) is -0.0231. The third-order valence-electron chi connectivity index (χ3n) is 3.06. The minimum atomic E-state index is -0.0737. The van der Waals surface area contributed by atoms with Gasteiger partial charge >= 0.3 is 0 Å². The van der Waals surface area contributed by atoms with Gasteiger partial charge in [0, 0.05) is 39.6 Å². The third kappa shape index (κ3) is 11.9. The van der Waals surface area contributed by atoms with Crippen LogP contribution in [0.15, 0.2) is 0 Å². The second-order valence-corrected chi connectivity index (χ2v) is 4.79. The molecule has 23 heavy (non-hydrogen) atoms. The van der Waals surface area contributed by atoms with Crippen molar-refractivity contribution in [1.82, 2.24) is 15.3 Å². The summed E-state index contributed by atoms with van der Waals surface area (Å²) in [4.78, 5) is 24.1. The summed E-state index contributed by atoms with van der Waals surface area (Å²) in [7, 11) is 0. The first-order chi connectivity index (χ1) is 11.1. The van der Waals surface area contributed by atoms with Gasteiger partial charge in [0.1, 0.15) is 0 Å². The molecule has 0 radical (unpaired) electrons. The molecule has 0 spiro atoms. The van der Waals surface area contributed by atoms with Gasteiger partial charge in [-0.1, -0.05) is 13.8 Å². The maximum atomic E-state index is 11.8. The lowest BCUT2D eigenvalue weighted by molar-refractivity contribution is -0.147. The maximum absolute atomic E-state index is 11.8. The van der Waals surface area contributed by atoms with E-state index in [9.17, 15) is 14.8 Å². The quantitative estimate of drug-likeness (QED) is 0.582. The van der Waals surface area contributed by atoms with Gasteiger partial charge in [-0.15, -0.1) is 0 Å². The molecule has 0 aromatic rings. The summed E-state index contributed by atoms with van der Waals surface area (Å²) < 4.78 is 10.6. The van der Waals surface area contributed by atoms with E-state index in [1.165, 1.54) is 12.0 Å². The van der Waals surface area contributed by atoms with Crippen molar-refractivity contribution in [2.75, 3.05) is 59.2 Å². The number of hydrogen-bond donors (Lipinski definition) is 2. The van der Waals surface area contributed by atoms with Crippen LogP contribution in [0.3, 0.4) is 0 Å². The molecule has 1 aliphatic rings. The van der Waals surface area contributed by atoms with Crippen molar-refractivity contribution in [3.8, 4) is 0 Å². The van der Waals surface area contributed by atoms with Crippen LogP contribution in [0.1, 0.15) is 27.2 Å². The summed E-state index contributed by atoms with van der Waals surface area (Å²) in [6, 6.07) is 0. The minimum Gasteiger partial charge on any atom is -0.379 e. The average molecular weight is 333 g/mol. The molecule has 2 N–H and O–H groups in total. The molecular weight excluding hydrogens is 302 g/mol. The number of carbonyl (C=O) groups is 2. The van der Waals surface area contributed by atoms with Gasteiger partial charge < -0.3 is 24.9 Å². The van der Waals surface area contributed by atoms with E-state index in [2.05, 4.69) is 5.32 Å². The fraction of sp³-hybridized carbons (Fsp3) is 0.867. The number of piperazine rings is 1. The molecule has 0 saturated carbocycles. The van der Waals surface area contributed by atoms with E-state index in [1.807, 2.05) is 13.8 Å². The number of hydroxylamine groups is 2. The lowest BCUT2D eigenvalue weighted by atomic mass is 10.3. The monoisotopic (exact) mass is 333 g/mol. The van der Waals surface area contributed by atoms with Gasteiger partial charge in [0.05, 0.1) is 32.8 Å². The Labute approximate surface area is 138 Å². The van der Waals surface area contributed by atoms with Crippen LogP contribution in [-0.4, -0.2) is 86.1 Å². The summed E-state index contributed by atoms with van der Waals surface area (Å²) >= 11 is 0. The number of nitrogens with one attached hydrogen (secondary N) is 1. The van der Waals surface area contributed by atoms with Gasteiger partial charge in [-0.3, -0.25) is 9.59 Å². The number of hydrogen-bond acceptors (Lipinski definition) is 6. The minimum absolute atomic E-state index is 0.0506. The van der Waals surface area contributed by atoms with Gasteiger partial charge in [-0.2, -0.15) is 5.06 Å². The summed E-state index contributed by atoms with van der Waals surface area (Å²) in [5, 5.41) is 13.1. The maximum Gasteiger partial charge on any atom is 0.224 e. The second kappa shape index (κ2) is 14.4. The number of nitrogens with zero attached hydrogens (tertiary/aromatic N) is 2. The Morgan fingerprint density at radius 3 is 2.13 bits per heavy atom. The van der Waals surface area contributed by atoms with Crippen molar-refractivity contribution in [3.05, 3.63) is 0 Å². The van der Waals surface area contributed by atoms with Crippen LogP contribution in [0.4, 0.5) is 0 Å². The highest BCUT2D eigenvalue weighted by Crippen LogP contribution is 2.01. The van der Waals surface area contributed by atoms with Gasteiger partial charge in [-0.05, 0) is 0 Å². The zero-order valence-corrected chi connectivity index (χ0v) is 14.5. The summed E-state index contributed by atoms with van der Waals surface area (Å²) in [5.41, 5.74) is 0. The summed E-state index contributed by atoms with van der Waals surface area (Å²) in [6.07, 6.45) is 0.345. The van der Waals surface area contributed by atoms with Crippen molar-refractivity contribution in [3.63, 3.8) is 0 Å².